The van der Waals surface area contributed by atoms with Gasteiger partial charge in [0.05, 0.1) is 11.5 Å². The smallest absolute Gasteiger partial charge is 0.152 e. The van der Waals surface area contributed by atoms with Gasteiger partial charge in [-0.25, -0.2) is 8.42 Å². The summed E-state index contributed by atoms with van der Waals surface area (Å²) in [4.78, 5) is 22.6. The summed E-state index contributed by atoms with van der Waals surface area (Å²) in [5.74, 6) is 7.37. The molecule has 0 atom stereocenters. The summed E-state index contributed by atoms with van der Waals surface area (Å²) >= 11 is 0. The summed E-state index contributed by atoms with van der Waals surface area (Å²) in [5, 5.41) is 0. The molecular weight excluding hydrogens is 1090 g/mol. The van der Waals surface area contributed by atoms with Crippen molar-refractivity contribution in [3.63, 3.8) is 0 Å². The number of likely N-dealkylation sites (N-methyl/N-ethyl adjacent to an activating group) is 1. The molecule has 11 nitrogen and oxygen atoms in total. The third-order valence-electron chi connectivity index (χ3n) is 18.5. The molecule has 8 rings (SSSR count). The molecule has 8 heterocycles. The number of hydrogen-bond acceptors (Lipinski definition) is 11. The lowest BCUT2D eigenvalue weighted by atomic mass is 10.0. The first-order valence-electron chi connectivity index (χ1n) is 34.7. The van der Waals surface area contributed by atoms with Gasteiger partial charge in [-0.1, -0.05) is 45.4 Å². The van der Waals surface area contributed by atoms with E-state index in [0.29, 0.717) is 73.9 Å². The standard InChI is InChI=1S/C10H21N.C9H20N2.C9H19NS.3C9H19N.C8H17NO2S.C8H17N.CH4/c1-10(2,3)11-8-6-4-5-7-9-11;1-9(2,3)11-7-5-10(4)6-8-11;1-9(2,3)10-5-7-11(4)8-6-10;3*1-9(2,3)10-7-5-4-6-8-10;1-8(2,3)9-4-6-12(10,11)7-5-9;1-8(2,3)9-6-4-5-7-9;/h4-9H2,1-3H3;5-8H2,1-4H3;4-8H2,1-3H3;3*4-8H2,1-3H3;4-7H2,1-3H3;4-7H2,1-3H3;1H4. The van der Waals surface area contributed by atoms with E-state index in [4.69, 9.17) is 0 Å². The van der Waals surface area contributed by atoms with E-state index in [0.717, 1.165) is 0 Å². The van der Waals surface area contributed by atoms with Gasteiger partial charge in [-0.2, -0.15) is 10.5 Å². The zero-order valence-electron chi connectivity index (χ0n) is 61.5. The van der Waals surface area contributed by atoms with E-state index < -0.39 is 9.84 Å². The number of piperazine rings is 1. The first kappa shape index (κ1) is 84.8. The maximum atomic E-state index is 11.1. The van der Waals surface area contributed by atoms with E-state index >= 15 is 0 Å². The van der Waals surface area contributed by atoms with Crippen molar-refractivity contribution in [1.29, 1.82) is 0 Å². The molecule has 512 valence electrons. The molecule has 0 aliphatic carbocycles. The van der Waals surface area contributed by atoms with Gasteiger partial charge in [0, 0.05) is 108 Å². The highest BCUT2D eigenvalue weighted by Gasteiger charge is 2.30. The lowest BCUT2D eigenvalue weighted by Crippen LogP contribution is -2.52. The highest BCUT2D eigenvalue weighted by Crippen LogP contribution is 2.25. The van der Waals surface area contributed by atoms with Crippen LogP contribution < -0.4 is 0 Å². The van der Waals surface area contributed by atoms with Crippen molar-refractivity contribution >= 4 is 26.2 Å². The van der Waals surface area contributed by atoms with Gasteiger partial charge in [-0.15, -0.1) is 0 Å². The molecule has 0 unspecified atom stereocenters. The van der Waals surface area contributed by atoms with E-state index in [2.05, 4.69) is 223 Å². The van der Waals surface area contributed by atoms with Gasteiger partial charge in [0.2, 0.25) is 0 Å². The summed E-state index contributed by atoms with van der Waals surface area (Å²) in [7, 11) is -0.0605. The van der Waals surface area contributed by atoms with Crippen molar-refractivity contribution in [2.75, 3.05) is 148 Å². The Morgan fingerprint density at radius 1 is 0.259 bits per heavy atom. The van der Waals surface area contributed by atoms with Gasteiger partial charge in [0.25, 0.3) is 0 Å². The molecule has 85 heavy (non-hydrogen) atoms. The zero-order chi connectivity index (χ0) is 64.4. The van der Waals surface area contributed by atoms with Crippen LogP contribution in [0, 0.1) is 0 Å². The molecule has 8 saturated heterocycles. The summed E-state index contributed by atoms with van der Waals surface area (Å²) < 4.78 is 22.2. The van der Waals surface area contributed by atoms with Crippen LogP contribution in [0.15, 0.2) is 0 Å². The molecular formula is C72H155N9O2S2. The van der Waals surface area contributed by atoms with E-state index in [1.54, 1.807) is 0 Å². The highest BCUT2D eigenvalue weighted by molar-refractivity contribution is 8.14. The number of sulfone groups is 1. The van der Waals surface area contributed by atoms with Crippen LogP contribution in [-0.2, 0) is 9.84 Å². The van der Waals surface area contributed by atoms with Crippen molar-refractivity contribution in [2.24, 2.45) is 0 Å². The molecule has 8 aliphatic rings. The normalized spacial score (nSPS) is 23.4. The number of hydrogen-bond donors (Lipinski definition) is 0. The summed E-state index contributed by atoms with van der Waals surface area (Å²) in [6, 6.07) is 0. The third kappa shape index (κ3) is 39.1. The lowest BCUT2D eigenvalue weighted by Gasteiger charge is -2.41. The summed E-state index contributed by atoms with van der Waals surface area (Å²) in [6.45, 7) is 76.5. The Balaban J connectivity index is 0.000000948. The van der Waals surface area contributed by atoms with E-state index in [9.17, 15) is 8.42 Å². The average molecular weight is 1240 g/mol. The molecule has 0 aromatic rings. The number of likely N-dealkylation sites (tertiary alicyclic amines) is 5. The molecule has 13 heteroatoms. The van der Waals surface area contributed by atoms with Gasteiger partial charge in [0.1, 0.15) is 0 Å². The predicted octanol–water partition coefficient (Wildman–Crippen LogP) is 15.3. The number of piperidine rings is 3. The van der Waals surface area contributed by atoms with Crippen LogP contribution in [0.1, 0.15) is 270 Å². The Hall–Kier alpha value is -0.190. The maximum absolute atomic E-state index is 11.1. The van der Waals surface area contributed by atoms with Gasteiger partial charge in [-0.05, 0) is 303 Å². The molecule has 0 bridgehead atoms. The van der Waals surface area contributed by atoms with Crippen LogP contribution in [0.4, 0.5) is 0 Å². The van der Waals surface area contributed by atoms with Crippen LogP contribution in [0.5, 0.6) is 0 Å². The molecule has 0 radical (unpaired) electrons. The largest absolute Gasteiger partial charge is 0.304 e. The highest BCUT2D eigenvalue weighted by atomic mass is 32.2. The molecule has 0 aromatic carbocycles. The molecule has 8 fully saturated rings. The fraction of sp³-hybridized carbons (Fsp3) is 0.986. The molecule has 0 spiro atoms. The predicted molar refractivity (Wildman–Crippen MR) is 387 cm³/mol. The quantitative estimate of drug-likeness (QED) is 0.218. The lowest BCUT2D eigenvalue weighted by molar-refractivity contribution is 0.0735. The zero-order valence-corrected chi connectivity index (χ0v) is 63.2. The summed E-state index contributed by atoms with van der Waals surface area (Å²) in [5.41, 5.74) is 2.85. The molecule has 8 aliphatic heterocycles. The van der Waals surface area contributed by atoms with Crippen LogP contribution in [-0.4, -0.2) is 251 Å². The second-order valence-corrected chi connectivity index (χ2v) is 38.4. The van der Waals surface area contributed by atoms with Crippen molar-refractivity contribution in [3.05, 3.63) is 0 Å². The van der Waals surface area contributed by atoms with Crippen LogP contribution in [0.25, 0.3) is 0 Å². The monoisotopic (exact) mass is 1240 g/mol. The fourth-order valence-electron chi connectivity index (χ4n) is 12.0. The average Bonchev–Trinajstić information content (AvgIpc) is 3.91. The van der Waals surface area contributed by atoms with Gasteiger partial charge in [-0.3, -0.25) is 39.2 Å². The topological polar surface area (TPSA) is 63.3 Å². The second-order valence-electron chi connectivity index (χ2n) is 34.0. The second kappa shape index (κ2) is 39.4. The Labute approximate surface area is 537 Å². The number of nitrogens with zero attached hydrogens (tertiary/aromatic N) is 9. The molecule has 0 N–H and O–H groups in total. The molecule has 0 aromatic heterocycles. The maximum Gasteiger partial charge on any atom is 0.152 e. The first-order valence-corrected chi connectivity index (χ1v) is 38.3. The van der Waals surface area contributed by atoms with E-state index in [1.807, 2.05) is 0 Å². The minimum Gasteiger partial charge on any atom is -0.304 e. The molecule has 0 amide bonds. The fourth-order valence-corrected chi connectivity index (χ4v) is 14.4. The van der Waals surface area contributed by atoms with E-state index in [-0.39, 0.29) is 13.0 Å². The van der Waals surface area contributed by atoms with Crippen LogP contribution in [0.2, 0.25) is 0 Å². The Morgan fingerprint density at radius 2 is 0.424 bits per heavy atom. The van der Waals surface area contributed by atoms with Crippen molar-refractivity contribution in [2.45, 2.75) is 314 Å². The van der Waals surface area contributed by atoms with Gasteiger partial charge >= 0.3 is 0 Å². The van der Waals surface area contributed by atoms with Gasteiger partial charge < -0.3 is 4.90 Å². The molecule has 0 saturated carbocycles. The van der Waals surface area contributed by atoms with Crippen LogP contribution in [0.3, 0.4) is 0 Å². The minimum atomic E-state index is -2.72. The van der Waals surface area contributed by atoms with Crippen molar-refractivity contribution in [3.8, 4) is 0 Å². The number of rotatable bonds is 0. The minimum absolute atomic E-state index is 0. The van der Waals surface area contributed by atoms with E-state index in [1.165, 1.54) is 213 Å². The van der Waals surface area contributed by atoms with Gasteiger partial charge in [0.15, 0.2) is 9.84 Å². The first-order chi connectivity index (χ1) is 38.3. The van der Waals surface area contributed by atoms with Crippen LogP contribution >= 0.6 is 10.5 Å². The van der Waals surface area contributed by atoms with Crippen molar-refractivity contribution in [1.82, 2.24) is 44.1 Å². The summed E-state index contributed by atoms with van der Waals surface area (Å²) in [6.07, 6.45) is 21.2. The van der Waals surface area contributed by atoms with Crippen molar-refractivity contribution < 1.29 is 8.42 Å². The third-order valence-corrected chi connectivity index (χ3v) is 21.6. The Kier molecular flexibility index (Phi) is 39.3. The SMILES string of the molecule is C.C=S1CCN(C(C)(C)C)CC1.CC(C)(C)N1CCCC1.CC(C)(C)N1CCCCC1.CC(C)(C)N1CCCCC1.CC(C)(C)N1CCCCC1.CC(C)(C)N1CCCCCC1.CC(C)(C)N1CCS(=O)(=O)CC1.CN1CCN(C(C)(C)C)CC1. The Bertz CT molecular complexity index is 1710. The Morgan fingerprint density at radius 3 is 0.635 bits per heavy atom.